The van der Waals surface area contributed by atoms with Crippen molar-refractivity contribution in [1.29, 1.82) is 0 Å². The molecule has 8 heteroatoms. The number of aromatic hydroxyl groups is 1. The lowest BCUT2D eigenvalue weighted by molar-refractivity contribution is 0.429. The highest BCUT2D eigenvalue weighted by Gasteiger charge is 2.18. The van der Waals surface area contributed by atoms with Crippen molar-refractivity contribution in [2.45, 2.75) is 19.4 Å². The van der Waals surface area contributed by atoms with Gasteiger partial charge in [-0.15, -0.1) is 10.2 Å². The standard InChI is InChI=1S/C22H18FIN4OS/c23-15-10-11-19-17(12-15)20(26-27-22(30)25-16-7-2-1-3-8-16)21(29)28(19)13-14-6-4-5-9-18(14)24/h1-2,4-7,9-12,29H,3,8,13H2,(H,25,30). The minimum atomic E-state index is -0.412. The number of hydrogen-bond acceptors (Lipinski definition) is 3. The van der Waals surface area contributed by atoms with Crippen molar-refractivity contribution in [3.8, 4) is 5.88 Å². The van der Waals surface area contributed by atoms with Crippen LogP contribution >= 0.6 is 34.8 Å². The van der Waals surface area contributed by atoms with Crippen molar-refractivity contribution < 1.29 is 9.50 Å². The van der Waals surface area contributed by atoms with E-state index < -0.39 is 5.82 Å². The van der Waals surface area contributed by atoms with Crippen LogP contribution in [0.3, 0.4) is 0 Å². The number of hydrogen-bond donors (Lipinski definition) is 2. The number of benzene rings is 2. The van der Waals surface area contributed by atoms with E-state index in [9.17, 15) is 9.50 Å². The molecule has 1 aliphatic carbocycles. The van der Waals surface area contributed by atoms with Gasteiger partial charge in [0.25, 0.3) is 0 Å². The summed E-state index contributed by atoms with van der Waals surface area (Å²) in [7, 11) is 0. The van der Waals surface area contributed by atoms with Crippen LogP contribution in [0.15, 0.2) is 76.6 Å². The summed E-state index contributed by atoms with van der Waals surface area (Å²) in [5.74, 6) is -0.494. The maximum atomic E-state index is 13.9. The van der Waals surface area contributed by atoms with Gasteiger partial charge in [0.1, 0.15) is 5.82 Å². The summed E-state index contributed by atoms with van der Waals surface area (Å²) in [5.41, 5.74) is 2.85. The Bertz CT molecular complexity index is 1220. The van der Waals surface area contributed by atoms with Crippen LogP contribution in [0.5, 0.6) is 5.88 Å². The Morgan fingerprint density at radius 1 is 1.27 bits per heavy atom. The Kier molecular flexibility index (Phi) is 6.24. The number of thiocarbonyl (C=S) groups is 1. The molecular formula is C22H18FIN4OS. The molecule has 1 aliphatic rings. The van der Waals surface area contributed by atoms with Gasteiger partial charge in [-0.3, -0.25) is 0 Å². The van der Waals surface area contributed by atoms with Gasteiger partial charge >= 0.3 is 0 Å². The summed E-state index contributed by atoms with van der Waals surface area (Å²) >= 11 is 7.51. The minimum Gasteiger partial charge on any atom is -0.493 e. The first-order valence-electron chi connectivity index (χ1n) is 9.35. The second-order valence-corrected chi connectivity index (χ2v) is 8.35. The number of allylic oxidation sites excluding steroid dienone is 4. The van der Waals surface area contributed by atoms with Crippen LogP contribution in [-0.4, -0.2) is 14.8 Å². The van der Waals surface area contributed by atoms with E-state index in [1.807, 2.05) is 36.4 Å². The molecule has 0 bridgehead atoms. The second kappa shape index (κ2) is 9.05. The van der Waals surface area contributed by atoms with Crippen LogP contribution in [0.2, 0.25) is 0 Å². The molecule has 0 spiro atoms. The second-order valence-electron chi connectivity index (χ2n) is 6.80. The quantitative estimate of drug-likeness (QED) is 0.235. The van der Waals surface area contributed by atoms with Crippen molar-refractivity contribution in [3.05, 3.63) is 81.3 Å². The van der Waals surface area contributed by atoms with Crippen LogP contribution in [0.25, 0.3) is 10.9 Å². The molecule has 2 N–H and O–H groups in total. The van der Waals surface area contributed by atoms with Crippen molar-refractivity contribution >= 4 is 56.5 Å². The third kappa shape index (κ3) is 4.44. The van der Waals surface area contributed by atoms with Gasteiger partial charge in [-0.05, 0) is 83.6 Å². The smallest absolute Gasteiger partial charge is 0.221 e. The topological polar surface area (TPSA) is 61.9 Å². The van der Waals surface area contributed by atoms with Gasteiger partial charge in [-0.25, -0.2) is 4.39 Å². The van der Waals surface area contributed by atoms with Crippen molar-refractivity contribution in [1.82, 2.24) is 9.88 Å². The molecule has 152 valence electrons. The lowest BCUT2D eigenvalue weighted by Crippen LogP contribution is -2.18. The predicted molar refractivity (Wildman–Crippen MR) is 129 cm³/mol. The highest BCUT2D eigenvalue weighted by molar-refractivity contribution is 14.1. The summed E-state index contributed by atoms with van der Waals surface area (Å²) in [6, 6.07) is 12.2. The number of nitrogens with zero attached hydrogens (tertiary/aromatic N) is 3. The van der Waals surface area contributed by atoms with Gasteiger partial charge in [-0.2, -0.15) is 0 Å². The third-order valence-electron chi connectivity index (χ3n) is 4.78. The largest absolute Gasteiger partial charge is 0.493 e. The van der Waals surface area contributed by atoms with Crippen LogP contribution in [0, 0.1) is 9.39 Å². The van der Waals surface area contributed by atoms with Gasteiger partial charge < -0.3 is 15.0 Å². The normalized spacial score (nSPS) is 13.7. The van der Waals surface area contributed by atoms with Crippen molar-refractivity contribution in [2.24, 2.45) is 10.2 Å². The first-order chi connectivity index (χ1) is 14.5. The summed E-state index contributed by atoms with van der Waals surface area (Å²) in [4.78, 5) is 0. The zero-order chi connectivity index (χ0) is 21.1. The number of azo groups is 1. The molecule has 30 heavy (non-hydrogen) atoms. The van der Waals surface area contributed by atoms with E-state index in [4.69, 9.17) is 12.2 Å². The maximum Gasteiger partial charge on any atom is 0.221 e. The molecule has 0 radical (unpaired) electrons. The Labute approximate surface area is 192 Å². The van der Waals surface area contributed by atoms with Crippen molar-refractivity contribution in [3.63, 3.8) is 0 Å². The molecule has 0 aliphatic heterocycles. The summed E-state index contributed by atoms with van der Waals surface area (Å²) < 4.78 is 16.7. The zero-order valence-corrected chi connectivity index (χ0v) is 18.8. The first kappa shape index (κ1) is 20.7. The lowest BCUT2D eigenvalue weighted by Gasteiger charge is -2.09. The third-order valence-corrected chi connectivity index (χ3v) is 6.02. The maximum absolute atomic E-state index is 13.9. The Hall–Kier alpha value is -2.59. The molecule has 5 nitrogen and oxygen atoms in total. The molecule has 2 aromatic carbocycles. The molecule has 0 unspecified atom stereocenters. The average Bonchev–Trinajstić information content (AvgIpc) is 2.99. The molecule has 3 aromatic rings. The monoisotopic (exact) mass is 532 g/mol. The van der Waals surface area contributed by atoms with Crippen LogP contribution < -0.4 is 5.32 Å². The van der Waals surface area contributed by atoms with E-state index in [1.165, 1.54) is 12.1 Å². The van der Waals surface area contributed by atoms with Gasteiger partial charge in [-0.1, -0.05) is 30.4 Å². The Morgan fingerprint density at radius 2 is 2.10 bits per heavy atom. The fraction of sp³-hybridized carbons (Fsp3) is 0.136. The fourth-order valence-corrected chi connectivity index (χ4v) is 4.05. The highest BCUT2D eigenvalue weighted by Crippen LogP contribution is 2.40. The van der Waals surface area contributed by atoms with Gasteiger partial charge in [0.2, 0.25) is 11.0 Å². The number of rotatable bonds is 4. The van der Waals surface area contributed by atoms with Crippen LogP contribution in [0.4, 0.5) is 10.1 Å². The highest BCUT2D eigenvalue weighted by atomic mass is 127. The van der Waals surface area contributed by atoms with Gasteiger partial charge in [0, 0.05) is 14.7 Å². The molecule has 0 saturated carbocycles. The van der Waals surface area contributed by atoms with E-state index in [0.717, 1.165) is 27.7 Å². The molecule has 0 atom stereocenters. The molecule has 0 saturated heterocycles. The van der Waals surface area contributed by atoms with E-state index in [1.54, 1.807) is 10.6 Å². The Morgan fingerprint density at radius 3 is 2.87 bits per heavy atom. The zero-order valence-electron chi connectivity index (χ0n) is 15.8. The molecule has 1 heterocycles. The fourth-order valence-electron chi connectivity index (χ4n) is 3.32. The summed E-state index contributed by atoms with van der Waals surface area (Å²) in [5, 5.41) is 22.8. The van der Waals surface area contributed by atoms with Crippen LogP contribution in [-0.2, 0) is 6.54 Å². The lowest BCUT2D eigenvalue weighted by atomic mass is 10.1. The molecule has 0 fully saturated rings. The Balaban J connectivity index is 1.69. The number of fused-ring (bicyclic) bond motifs is 1. The number of aromatic nitrogens is 1. The van der Waals surface area contributed by atoms with E-state index in [2.05, 4.69) is 44.2 Å². The SMILES string of the molecule is Oc1c(N=NC(=S)NC2=CC=CCC2)c2cc(F)ccc2n1Cc1ccccc1I. The molecule has 4 rings (SSSR count). The molecular weight excluding hydrogens is 514 g/mol. The molecule has 1 aromatic heterocycles. The number of nitrogens with one attached hydrogen (secondary N) is 1. The van der Waals surface area contributed by atoms with Gasteiger partial charge in [0.15, 0.2) is 5.69 Å². The number of halogens is 2. The summed E-state index contributed by atoms with van der Waals surface area (Å²) in [6.07, 6.45) is 7.75. The van der Waals surface area contributed by atoms with E-state index in [-0.39, 0.29) is 16.7 Å². The predicted octanol–water partition coefficient (Wildman–Crippen LogP) is 6.33. The average molecular weight is 532 g/mol. The molecule has 0 amide bonds. The van der Waals surface area contributed by atoms with Crippen LogP contribution in [0.1, 0.15) is 18.4 Å². The first-order valence-corrected chi connectivity index (χ1v) is 10.8. The summed E-state index contributed by atoms with van der Waals surface area (Å²) in [6.45, 7) is 0.421. The minimum absolute atomic E-state index is 0.0818. The van der Waals surface area contributed by atoms with Gasteiger partial charge in [0.05, 0.1) is 12.1 Å². The van der Waals surface area contributed by atoms with E-state index >= 15 is 0 Å². The van der Waals surface area contributed by atoms with Crippen molar-refractivity contribution in [2.75, 3.05) is 0 Å². The van der Waals surface area contributed by atoms with E-state index in [0.29, 0.717) is 17.4 Å².